The Bertz CT molecular complexity index is 409. The fourth-order valence-electron chi connectivity index (χ4n) is 0.868. The molecule has 1 N–H and O–H groups in total. The Morgan fingerprint density at radius 3 is 2.42 bits per heavy atom. The monoisotopic (exact) mass is 167 g/mol. The summed E-state index contributed by atoms with van der Waals surface area (Å²) in [5, 5.41) is 8.74. The third kappa shape index (κ3) is 1.50. The van der Waals surface area contributed by atoms with Crippen LogP contribution in [0.4, 0.5) is 0 Å². The lowest BCUT2D eigenvalue weighted by Crippen LogP contribution is -2.05. The largest absolute Gasteiger partial charge is 0.478 e. The van der Waals surface area contributed by atoms with Crippen LogP contribution in [0.1, 0.15) is 31.7 Å². The molecule has 3 heteroatoms. The average molecular weight is 167 g/mol. The van der Waals surface area contributed by atoms with E-state index in [1.807, 2.05) is 0 Å². The highest BCUT2D eigenvalue weighted by Crippen LogP contribution is 2.08. The molecule has 0 amide bonds. The molecule has 0 unspecified atom stereocenters. The third-order valence-corrected chi connectivity index (χ3v) is 1.40. The number of ketones is 1. The van der Waals surface area contributed by atoms with Gasteiger partial charge in [0.15, 0.2) is 5.78 Å². The molecule has 3 nitrogen and oxygen atoms in total. The summed E-state index contributed by atoms with van der Waals surface area (Å²) >= 11 is 0. The summed E-state index contributed by atoms with van der Waals surface area (Å²) in [4.78, 5) is 22.1. The Balaban J connectivity index is 3.26. The normalized spacial score (nSPS) is 14.2. The number of aromatic carboxylic acids is 1. The van der Waals surface area contributed by atoms with Gasteiger partial charge in [0.2, 0.25) is 0 Å². The summed E-state index contributed by atoms with van der Waals surface area (Å²) in [7, 11) is 0. The number of Topliss-reactive ketones (excluding diaryl/α,β-unsaturated/α-hetero) is 1. The molecule has 0 radical (unpaired) electrons. The fraction of sp³-hybridized carbons (Fsp3) is 0.111. The lowest BCUT2D eigenvalue weighted by atomic mass is 10.1. The van der Waals surface area contributed by atoms with Crippen LogP contribution in [0.2, 0.25) is 0 Å². The summed E-state index contributed by atoms with van der Waals surface area (Å²) in [6, 6.07) is 5.24. The van der Waals surface area contributed by atoms with Gasteiger partial charge in [-0.2, -0.15) is 0 Å². The zero-order chi connectivity index (χ0) is 11.6. The SMILES string of the molecule is [2H]C([2H])([2H])C(=O)c1ccccc1C(=O)O. The number of benzene rings is 1. The molecule has 0 saturated carbocycles. The zero-order valence-electron chi connectivity index (χ0n) is 9.07. The van der Waals surface area contributed by atoms with Gasteiger partial charge in [-0.15, -0.1) is 0 Å². The number of carbonyl (C=O) groups is 2. The van der Waals surface area contributed by atoms with E-state index in [1.54, 1.807) is 0 Å². The average Bonchev–Trinajstić information content (AvgIpc) is 2.15. The van der Waals surface area contributed by atoms with E-state index in [4.69, 9.17) is 9.22 Å². The second kappa shape index (κ2) is 3.17. The molecular weight excluding hydrogens is 156 g/mol. The summed E-state index contributed by atoms with van der Waals surface area (Å²) in [5.41, 5.74) is -0.580. The first-order valence-electron chi connectivity index (χ1n) is 4.71. The topological polar surface area (TPSA) is 54.4 Å². The van der Waals surface area contributed by atoms with Crippen molar-refractivity contribution in [3.05, 3.63) is 35.4 Å². The molecule has 12 heavy (non-hydrogen) atoms. The second-order valence-corrected chi connectivity index (χ2v) is 2.18. The molecule has 62 valence electrons. The molecule has 0 saturated heterocycles. The summed E-state index contributed by atoms with van der Waals surface area (Å²) in [6.07, 6.45) is 0. The maximum Gasteiger partial charge on any atom is 0.336 e. The van der Waals surface area contributed by atoms with Gasteiger partial charge in [0, 0.05) is 9.68 Å². The number of rotatable bonds is 2. The first-order chi connectivity index (χ1) is 6.84. The van der Waals surface area contributed by atoms with Crippen LogP contribution in [-0.2, 0) is 0 Å². The molecule has 1 rings (SSSR count). The van der Waals surface area contributed by atoms with E-state index in [2.05, 4.69) is 0 Å². The van der Waals surface area contributed by atoms with Crippen LogP contribution >= 0.6 is 0 Å². The van der Waals surface area contributed by atoms with Crippen molar-refractivity contribution in [3.8, 4) is 0 Å². The third-order valence-electron chi connectivity index (χ3n) is 1.40. The molecule has 0 aliphatic carbocycles. The maximum absolute atomic E-state index is 11.4. The first kappa shape index (κ1) is 5.09. The van der Waals surface area contributed by atoms with E-state index >= 15 is 0 Å². The van der Waals surface area contributed by atoms with Gasteiger partial charge in [-0.3, -0.25) is 4.79 Å². The lowest BCUT2D eigenvalue weighted by Gasteiger charge is -1.99. The van der Waals surface area contributed by atoms with Gasteiger partial charge in [-0.25, -0.2) is 4.79 Å². The van der Waals surface area contributed by atoms with E-state index in [0.29, 0.717) is 0 Å². The minimum Gasteiger partial charge on any atom is -0.478 e. The molecule has 0 aliphatic heterocycles. The van der Waals surface area contributed by atoms with Crippen LogP contribution in [0.25, 0.3) is 0 Å². The Hall–Kier alpha value is -1.64. The van der Waals surface area contributed by atoms with E-state index in [1.165, 1.54) is 24.3 Å². The van der Waals surface area contributed by atoms with Gasteiger partial charge >= 0.3 is 5.97 Å². The van der Waals surface area contributed by atoms with Crippen LogP contribution in [0, 0.1) is 0 Å². The maximum atomic E-state index is 11.4. The number of carbonyl (C=O) groups excluding carboxylic acids is 1. The molecule has 0 atom stereocenters. The zero-order valence-corrected chi connectivity index (χ0v) is 6.07. The molecule has 0 heterocycles. The first-order valence-corrected chi connectivity index (χ1v) is 3.21. The molecule has 0 aromatic heterocycles. The summed E-state index contributed by atoms with van der Waals surface area (Å²) in [6.45, 7) is -2.81. The Morgan fingerprint density at radius 2 is 1.92 bits per heavy atom. The highest BCUT2D eigenvalue weighted by atomic mass is 16.4. The van der Waals surface area contributed by atoms with E-state index in [-0.39, 0.29) is 11.1 Å². The minimum absolute atomic E-state index is 0.287. The highest BCUT2D eigenvalue weighted by molar-refractivity contribution is 6.04. The molecule has 0 fully saturated rings. The molecular formula is C9H8O3. The quantitative estimate of drug-likeness (QED) is 0.680. The van der Waals surface area contributed by atoms with Crippen molar-refractivity contribution in [1.82, 2.24) is 0 Å². The molecule has 0 aliphatic rings. The number of hydrogen-bond acceptors (Lipinski definition) is 2. The van der Waals surface area contributed by atoms with Gasteiger partial charge < -0.3 is 5.11 Å². The Labute approximate surface area is 73.9 Å². The van der Waals surface area contributed by atoms with Crippen LogP contribution in [0.5, 0.6) is 0 Å². The predicted molar refractivity (Wildman–Crippen MR) is 43.4 cm³/mol. The van der Waals surface area contributed by atoms with Gasteiger partial charge in [0.05, 0.1) is 5.56 Å². The summed E-state index contributed by atoms with van der Waals surface area (Å²) in [5.74, 6) is -2.47. The van der Waals surface area contributed by atoms with Crippen molar-refractivity contribution in [3.63, 3.8) is 0 Å². The van der Waals surface area contributed by atoms with Crippen LogP contribution in [0.3, 0.4) is 0 Å². The summed E-state index contributed by atoms with van der Waals surface area (Å²) < 4.78 is 20.7. The van der Waals surface area contributed by atoms with Gasteiger partial charge in [0.25, 0.3) is 0 Å². The van der Waals surface area contributed by atoms with Gasteiger partial charge in [-0.05, 0) is 12.9 Å². The Morgan fingerprint density at radius 1 is 1.33 bits per heavy atom. The van der Waals surface area contributed by atoms with Crippen molar-refractivity contribution in [2.75, 3.05) is 0 Å². The second-order valence-electron chi connectivity index (χ2n) is 2.18. The number of hydrogen-bond donors (Lipinski definition) is 1. The smallest absolute Gasteiger partial charge is 0.336 e. The van der Waals surface area contributed by atoms with E-state index < -0.39 is 18.6 Å². The fourth-order valence-corrected chi connectivity index (χ4v) is 0.868. The minimum atomic E-state index is -2.81. The van der Waals surface area contributed by atoms with Gasteiger partial charge in [0.1, 0.15) is 0 Å². The molecule has 0 spiro atoms. The van der Waals surface area contributed by atoms with Crippen molar-refractivity contribution < 1.29 is 18.8 Å². The van der Waals surface area contributed by atoms with Crippen LogP contribution < -0.4 is 0 Å². The van der Waals surface area contributed by atoms with Crippen molar-refractivity contribution in [2.45, 2.75) is 6.85 Å². The van der Waals surface area contributed by atoms with Gasteiger partial charge in [-0.1, -0.05) is 18.2 Å². The lowest BCUT2D eigenvalue weighted by molar-refractivity contribution is 0.0692. The predicted octanol–water partition coefficient (Wildman–Crippen LogP) is 1.59. The van der Waals surface area contributed by atoms with Crippen molar-refractivity contribution >= 4 is 11.8 Å². The Kier molecular flexibility index (Phi) is 1.34. The van der Waals surface area contributed by atoms with Crippen LogP contribution in [0.15, 0.2) is 24.3 Å². The molecule has 1 aromatic rings. The molecule has 0 bridgehead atoms. The number of carboxylic acids is 1. The van der Waals surface area contributed by atoms with E-state index in [0.717, 1.165) is 0 Å². The van der Waals surface area contributed by atoms with Crippen molar-refractivity contribution in [2.24, 2.45) is 0 Å². The molecule has 1 aromatic carbocycles. The number of carboxylic acid groups (broad SMARTS) is 1. The van der Waals surface area contributed by atoms with Crippen LogP contribution in [-0.4, -0.2) is 16.9 Å². The van der Waals surface area contributed by atoms with Crippen molar-refractivity contribution in [1.29, 1.82) is 0 Å². The standard InChI is InChI=1S/C9H8O3/c1-6(10)7-4-2-3-5-8(7)9(11)12/h2-5H,1H3,(H,11,12)/i1D3. The van der Waals surface area contributed by atoms with E-state index in [9.17, 15) is 9.59 Å². The highest BCUT2D eigenvalue weighted by Gasteiger charge is 2.11.